The topological polar surface area (TPSA) is 87.0 Å². The number of hydrogen-bond acceptors (Lipinski definition) is 6. The number of carbonyl (C=O) groups is 1. The van der Waals surface area contributed by atoms with Crippen LogP contribution in [0.4, 0.5) is 5.69 Å². The van der Waals surface area contributed by atoms with Gasteiger partial charge in [-0.25, -0.2) is 0 Å². The van der Waals surface area contributed by atoms with Gasteiger partial charge in [-0.05, 0) is 18.2 Å². The molecule has 3 rings (SSSR count). The standard InChI is InChI=1S/C16H15ClN4O4/c1-23-12-8-13(24-2)11(7-10(12)17)18-15(22)9-25-16-20-19-14-5-3-4-6-21(14)16/h3-8H,9H2,1-2H3,(H,18,22). The molecule has 1 aromatic carbocycles. The normalized spacial score (nSPS) is 10.5. The molecular formula is C16H15ClN4O4. The summed E-state index contributed by atoms with van der Waals surface area (Å²) in [6.45, 7) is -0.248. The first-order valence-corrected chi connectivity index (χ1v) is 7.64. The van der Waals surface area contributed by atoms with E-state index in [1.54, 1.807) is 28.8 Å². The van der Waals surface area contributed by atoms with E-state index in [0.717, 1.165) is 0 Å². The molecule has 0 atom stereocenters. The number of nitrogens with zero attached hydrogens (tertiary/aromatic N) is 3. The van der Waals surface area contributed by atoms with Gasteiger partial charge >= 0.3 is 6.01 Å². The Balaban J connectivity index is 1.69. The molecule has 130 valence electrons. The summed E-state index contributed by atoms with van der Waals surface area (Å²) in [7, 11) is 2.98. The lowest BCUT2D eigenvalue weighted by Gasteiger charge is -2.13. The fourth-order valence-electron chi connectivity index (χ4n) is 2.19. The van der Waals surface area contributed by atoms with E-state index in [1.165, 1.54) is 14.2 Å². The van der Waals surface area contributed by atoms with E-state index in [-0.39, 0.29) is 12.6 Å². The molecule has 0 aliphatic rings. The first-order chi connectivity index (χ1) is 12.1. The summed E-state index contributed by atoms with van der Waals surface area (Å²) < 4.78 is 17.4. The van der Waals surface area contributed by atoms with Crippen molar-refractivity contribution in [1.29, 1.82) is 0 Å². The van der Waals surface area contributed by atoms with Crippen LogP contribution in [0.2, 0.25) is 5.02 Å². The first kappa shape index (κ1) is 16.8. The van der Waals surface area contributed by atoms with E-state index >= 15 is 0 Å². The zero-order chi connectivity index (χ0) is 17.8. The summed E-state index contributed by atoms with van der Waals surface area (Å²) in [5, 5.41) is 10.9. The maximum atomic E-state index is 12.2. The SMILES string of the molecule is COc1cc(OC)c(NC(=O)COc2nnc3ccccn23)cc1Cl. The predicted molar refractivity (Wildman–Crippen MR) is 91.7 cm³/mol. The molecule has 8 nitrogen and oxygen atoms in total. The van der Waals surface area contributed by atoms with Crippen molar-refractivity contribution in [3.05, 3.63) is 41.6 Å². The molecule has 0 spiro atoms. The van der Waals surface area contributed by atoms with Gasteiger partial charge in [-0.15, -0.1) is 5.10 Å². The number of fused-ring (bicyclic) bond motifs is 1. The summed E-state index contributed by atoms with van der Waals surface area (Å²) >= 11 is 6.08. The van der Waals surface area contributed by atoms with Crippen LogP contribution in [0, 0.1) is 0 Å². The molecule has 0 aliphatic carbocycles. The maximum absolute atomic E-state index is 12.2. The highest BCUT2D eigenvalue weighted by molar-refractivity contribution is 6.32. The highest BCUT2D eigenvalue weighted by Gasteiger charge is 2.14. The summed E-state index contributed by atoms with van der Waals surface area (Å²) in [4.78, 5) is 12.2. The van der Waals surface area contributed by atoms with Gasteiger partial charge in [0, 0.05) is 12.3 Å². The lowest BCUT2D eigenvalue weighted by Crippen LogP contribution is -2.21. The van der Waals surface area contributed by atoms with Gasteiger partial charge in [0.25, 0.3) is 5.91 Å². The van der Waals surface area contributed by atoms with Gasteiger partial charge in [0.05, 0.1) is 24.9 Å². The Bertz CT molecular complexity index is 912. The third-order valence-corrected chi connectivity index (χ3v) is 3.66. The molecule has 0 aliphatic heterocycles. The lowest BCUT2D eigenvalue weighted by molar-refractivity contribution is -0.118. The predicted octanol–water partition coefficient (Wildman–Crippen LogP) is 2.42. The molecule has 0 saturated heterocycles. The van der Waals surface area contributed by atoms with Crippen molar-refractivity contribution in [3.63, 3.8) is 0 Å². The zero-order valence-corrected chi connectivity index (χ0v) is 14.3. The van der Waals surface area contributed by atoms with Crippen molar-refractivity contribution in [1.82, 2.24) is 14.6 Å². The Hall–Kier alpha value is -3.00. The second-order valence-electron chi connectivity index (χ2n) is 4.94. The number of ether oxygens (including phenoxy) is 3. The monoisotopic (exact) mass is 362 g/mol. The Labute approximate surface area is 148 Å². The van der Waals surface area contributed by atoms with Crippen molar-refractivity contribution in [2.75, 3.05) is 26.1 Å². The smallest absolute Gasteiger partial charge is 0.322 e. The quantitative estimate of drug-likeness (QED) is 0.724. The maximum Gasteiger partial charge on any atom is 0.322 e. The summed E-state index contributed by atoms with van der Waals surface area (Å²) in [5.74, 6) is 0.470. The minimum Gasteiger partial charge on any atom is -0.495 e. The number of pyridine rings is 1. The molecule has 0 unspecified atom stereocenters. The fraction of sp³-hybridized carbons (Fsp3) is 0.188. The molecule has 0 bridgehead atoms. The first-order valence-electron chi connectivity index (χ1n) is 7.26. The van der Waals surface area contributed by atoms with Crippen LogP contribution in [-0.2, 0) is 4.79 Å². The second kappa shape index (κ2) is 7.27. The average Bonchev–Trinajstić information content (AvgIpc) is 3.03. The second-order valence-corrected chi connectivity index (χ2v) is 5.34. The van der Waals surface area contributed by atoms with Crippen LogP contribution in [-0.4, -0.2) is 41.3 Å². The highest BCUT2D eigenvalue weighted by atomic mass is 35.5. The zero-order valence-electron chi connectivity index (χ0n) is 13.5. The number of nitrogens with one attached hydrogen (secondary N) is 1. The van der Waals surface area contributed by atoms with Crippen molar-refractivity contribution in [2.24, 2.45) is 0 Å². The van der Waals surface area contributed by atoms with Crippen LogP contribution in [0.5, 0.6) is 17.5 Å². The van der Waals surface area contributed by atoms with Gasteiger partial charge in [-0.1, -0.05) is 22.8 Å². The number of hydrogen-bond donors (Lipinski definition) is 1. The van der Waals surface area contributed by atoms with Crippen LogP contribution in [0.25, 0.3) is 5.65 Å². The van der Waals surface area contributed by atoms with E-state index < -0.39 is 5.91 Å². The van der Waals surface area contributed by atoms with Gasteiger partial charge in [0.1, 0.15) is 11.5 Å². The van der Waals surface area contributed by atoms with Gasteiger partial charge in [-0.2, -0.15) is 0 Å². The minimum atomic E-state index is -0.396. The molecular weight excluding hydrogens is 348 g/mol. The molecule has 2 heterocycles. The third-order valence-electron chi connectivity index (χ3n) is 3.36. The molecule has 0 saturated carbocycles. The fourth-order valence-corrected chi connectivity index (χ4v) is 2.43. The van der Waals surface area contributed by atoms with E-state index in [1.807, 2.05) is 12.1 Å². The lowest BCUT2D eigenvalue weighted by atomic mass is 10.2. The van der Waals surface area contributed by atoms with Crippen LogP contribution >= 0.6 is 11.6 Å². The average molecular weight is 363 g/mol. The van der Waals surface area contributed by atoms with Gasteiger partial charge < -0.3 is 19.5 Å². The molecule has 1 N–H and O–H groups in total. The summed E-state index contributed by atoms with van der Waals surface area (Å²) in [6, 6.07) is 8.79. The molecule has 2 aromatic heterocycles. The number of aromatic nitrogens is 3. The van der Waals surface area contributed by atoms with Crippen molar-refractivity contribution < 1.29 is 19.0 Å². The number of benzene rings is 1. The highest BCUT2D eigenvalue weighted by Crippen LogP contribution is 2.35. The number of rotatable bonds is 6. The van der Waals surface area contributed by atoms with Crippen LogP contribution < -0.4 is 19.5 Å². The van der Waals surface area contributed by atoms with Crippen molar-refractivity contribution >= 4 is 28.8 Å². The van der Waals surface area contributed by atoms with E-state index in [4.69, 9.17) is 25.8 Å². The minimum absolute atomic E-state index is 0.227. The Morgan fingerprint density at radius 3 is 2.76 bits per heavy atom. The largest absolute Gasteiger partial charge is 0.495 e. The summed E-state index contributed by atoms with van der Waals surface area (Å²) in [6.07, 6.45) is 1.74. The van der Waals surface area contributed by atoms with E-state index in [2.05, 4.69) is 15.5 Å². The molecule has 0 radical (unpaired) electrons. The van der Waals surface area contributed by atoms with Gasteiger partial charge in [0.15, 0.2) is 12.3 Å². The Morgan fingerprint density at radius 2 is 2.00 bits per heavy atom. The Kier molecular flexibility index (Phi) is 4.90. The van der Waals surface area contributed by atoms with Crippen LogP contribution in [0.1, 0.15) is 0 Å². The number of methoxy groups -OCH3 is 2. The van der Waals surface area contributed by atoms with Crippen LogP contribution in [0.15, 0.2) is 36.5 Å². The molecule has 25 heavy (non-hydrogen) atoms. The van der Waals surface area contributed by atoms with E-state index in [0.29, 0.717) is 27.9 Å². The van der Waals surface area contributed by atoms with Crippen molar-refractivity contribution in [3.8, 4) is 17.5 Å². The number of carbonyl (C=O) groups excluding carboxylic acids is 1. The number of anilines is 1. The van der Waals surface area contributed by atoms with Gasteiger partial charge in [0.2, 0.25) is 0 Å². The molecule has 3 aromatic rings. The molecule has 0 fully saturated rings. The number of halogens is 1. The van der Waals surface area contributed by atoms with Crippen molar-refractivity contribution in [2.45, 2.75) is 0 Å². The van der Waals surface area contributed by atoms with E-state index in [9.17, 15) is 4.79 Å². The third kappa shape index (κ3) is 3.58. The van der Waals surface area contributed by atoms with Gasteiger partial charge in [-0.3, -0.25) is 9.20 Å². The van der Waals surface area contributed by atoms with Crippen LogP contribution in [0.3, 0.4) is 0 Å². The summed E-state index contributed by atoms with van der Waals surface area (Å²) in [5.41, 5.74) is 1.04. The molecule has 1 amide bonds. The Morgan fingerprint density at radius 1 is 1.20 bits per heavy atom. The number of amides is 1. The molecule has 9 heteroatoms.